The molecular formula is C9H17N3O. The third-order valence-electron chi connectivity index (χ3n) is 2.08. The molecule has 0 aliphatic carbocycles. The van der Waals surface area contributed by atoms with E-state index < -0.39 is 6.10 Å². The molecule has 0 radical (unpaired) electrons. The van der Waals surface area contributed by atoms with Gasteiger partial charge in [-0.15, -0.1) is 0 Å². The van der Waals surface area contributed by atoms with E-state index >= 15 is 0 Å². The lowest BCUT2D eigenvalue weighted by molar-refractivity contribution is 0.148. The number of aliphatic hydroxyl groups excluding tert-OH is 1. The Labute approximate surface area is 78.2 Å². The molecule has 1 aromatic heterocycles. The number of aliphatic hydroxyl groups is 1. The maximum atomic E-state index is 9.68. The van der Waals surface area contributed by atoms with Gasteiger partial charge < -0.3 is 15.8 Å². The molecule has 1 aromatic rings. The number of nitrogens with one attached hydrogen (secondary N) is 1. The van der Waals surface area contributed by atoms with Crippen LogP contribution in [0.3, 0.4) is 0 Å². The minimum atomic E-state index is -0.670. The summed E-state index contributed by atoms with van der Waals surface area (Å²) in [6.45, 7) is 5.68. The summed E-state index contributed by atoms with van der Waals surface area (Å²) in [7, 11) is 0. The molecule has 4 N–H and O–H groups in total. The third-order valence-corrected chi connectivity index (χ3v) is 2.08. The van der Waals surface area contributed by atoms with Gasteiger partial charge in [-0.3, -0.25) is 0 Å². The summed E-state index contributed by atoms with van der Waals surface area (Å²) in [6, 6.07) is -0.285. The Hall–Kier alpha value is -0.870. The van der Waals surface area contributed by atoms with Crippen molar-refractivity contribution >= 4 is 0 Å². The SMILES string of the molecule is CCc1nc(C(O)C(C)N)c(C)[nH]1. The monoisotopic (exact) mass is 183 g/mol. The molecule has 1 rings (SSSR count). The van der Waals surface area contributed by atoms with Crippen LogP contribution >= 0.6 is 0 Å². The fourth-order valence-electron chi connectivity index (χ4n) is 1.24. The minimum Gasteiger partial charge on any atom is -0.385 e. The molecule has 0 saturated heterocycles. The highest BCUT2D eigenvalue weighted by atomic mass is 16.3. The van der Waals surface area contributed by atoms with E-state index in [2.05, 4.69) is 9.97 Å². The zero-order valence-corrected chi connectivity index (χ0v) is 8.33. The Morgan fingerprint density at radius 2 is 2.23 bits per heavy atom. The van der Waals surface area contributed by atoms with Gasteiger partial charge >= 0.3 is 0 Å². The van der Waals surface area contributed by atoms with Gasteiger partial charge in [-0.1, -0.05) is 6.92 Å². The van der Waals surface area contributed by atoms with Crippen LogP contribution in [-0.2, 0) is 6.42 Å². The van der Waals surface area contributed by atoms with Gasteiger partial charge in [-0.25, -0.2) is 4.98 Å². The smallest absolute Gasteiger partial charge is 0.112 e. The van der Waals surface area contributed by atoms with Gasteiger partial charge in [0, 0.05) is 18.2 Å². The summed E-state index contributed by atoms with van der Waals surface area (Å²) in [4.78, 5) is 7.37. The number of aryl methyl sites for hydroxylation is 2. The van der Waals surface area contributed by atoms with Crippen LogP contribution in [0.5, 0.6) is 0 Å². The summed E-state index contributed by atoms with van der Waals surface area (Å²) in [5.74, 6) is 0.896. The van der Waals surface area contributed by atoms with E-state index in [-0.39, 0.29) is 6.04 Å². The maximum Gasteiger partial charge on any atom is 0.112 e. The fraction of sp³-hybridized carbons (Fsp3) is 0.667. The number of nitrogens with zero attached hydrogens (tertiary/aromatic N) is 1. The van der Waals surface area contributed by atoms with Crippen LogP contribution in [0.25, 0.3) is 0 Å². The van der Waals surface area contributed by atoms with Crippen molar-refractivity contribution in [2.24, 2.45) is 5.73 Å². The first-order valence-electron chi connectivity index (χ1n) is 4.55. The second-order valence-electron chi connectivity index (χ2n) is 3.35. The molecule has 0 amide bonds. The predicted molar refractivity (Wildman–Crippen MR) is 51.3 cm³/mol. The summed E-state index contributed by atoms with van der Waals surface area (Å²) in [5.41, 5.74) is 7.16. The summed E-state index contributed by atoms with van der Waals surface area (Å²) in [6.07, 6.45) is 0.170. The van der Waals surface area contributed by atoms with Crippen LogP contribution in [0, 0.1) is 6.92 Å². The van der Waals surface area contributed by atoms with Crippen LogP contribution in [0.2, 0.25) is 0 Å². The van der Waals surface area contributed by atoms with Crippen LogP contribution < -0.4 is 5.73 Å². The molecule has 2 unspecified atom stereocenters. The van der Waals surface area contributed by atoms with Crippen molar-refractivity contribution in [3.05, 3.63) is 17.2 Å². The lowest BCUT2D eigenvalue weighted by Gasteiger charge is -2.12. The minimum absolute atomic E-state index is 0.285. The quantitative estimate of drug-likeness (QED) is 0.644. The molecule has 74 valence electrons. The molecule has 0 spiro atoms. The number of aromatic nitrogens is 2. The summed E-state index contributed by atoms with van der Waals surface area (Å²) < 4.78 is 0. The second-order valence-corrected chi connectivity index (χ2v) is 3.35. The largest absolute Gasteiger partial charge is 0.385 e. The van der Waals surface area contributed by atoms with Crippen LogP contribution in [0.4, 0.5) is 0 Å². The topological polar surface area (TPSA) is 74.9 Å². The fourth-order valence-corrected chi connectivity index (χ4v) is 1.24. The Morgan fingerprint density at radius 3 is 2.62 bits per heavy atom. The highest BCUT2D eigenvalue weighted by molar-refractivity contribution is 5.16. The van der Waals surface area contributed by atoms with Crippen molar-refractivity contribution in [2.75, 3.05) is 0 Å². The predicted octanol–water partition coefficient (Wildman–Crippen LogP) is 0.661. The van der Waals surface area contributed by atoms with Gasteiger partial charge in [-0.2, -0.15) is 0 Å². The standard InChI is InChI=1S/C9H17N3O/c1-4-7-11-6(3)8(12-7)9(13)5(2)10/h5,9,13H,4,10H2,1-3H3,(H,11,12). The zero-order chi connectivity index (χ0) is 10.0. The van der Waals surface area contributed by atoms with Gasteiger partial charge in [0.25, 0.3) is 0 Å². The van der Waals surface area contributed by atoms with Gasteiger partial charge in [-0.05, 0) is 13.8 Å². The summed E-state index contributed by atoms with van der Waals surface area (Å²) in [5, 5.41) is 9.68. The van der Waals surface area contributed by atoms with Crippen molar-refractivity contribution in [1.82, 2.24) is 9.97 Å². The second kappa shape index (κ2) is 3.89. The average Bonchev–Trinajstić information content (AvgIpc) is 2.45. The van der Waals surface area contributed by atoms with Crippen molar-refractivity contribution < 1.29 is 5.11 Å². The number of hydrogen-bond donors (Lipinski definition) is 3. The van der Waals surface area contributed by atoms with E-state index in [1.165, 1.54) is 0 Å². The third kappa shape index (κ3) is 2.08. The highest BCUT2D eigenvalue weighted by Crippen LogP contribution is 2.17. The molecule has 0 saturated carbocycles. The van der Waals surface area contributed by atoms with Crippen molar-refractivity contribution in [3.63, 3.8) is 0 Å². The van der Waals surface area contributed by atoms with Crippen LogP contribution in [0.15, 0.2) is 0 Å². The molecule has 13 heavy (non-hydrogen) atoms. The van der Waals surface area contributed by atoms with Gasteiger partial charge in [0.2, 0.25) is 0 Å². The number of nitrogens with two attached hydrogens (primary N) is 1. The normalized spacial score (nSPS) is 15.8. The van der Waals surface area contributed by atoms with Crippen molar-refractivity contribution in [1.29, 1.82) is 0 Å². The van der Waals surface area contributed by atoms with Crippen molar-refractivity contribution in [2.45, 2.75) is 39.3 Å². The molecule has 0 aliphatic heterocycles. The van der Waals surface area contributed by atoms with E-state index in [4.69, 9.17) is 5.73 Å². The first kappa shape index (κ1) is 10.2. The number of rotatable bonds is 3. The van der Waals surface area contributed by atoms with E-state index in [9.17, 15) is 5.11 Å². The highest BCUT2D eigenvalue weighted by Gasteiger charge is 2.18. The van der Waals surface area contributed by atoms with Crippen LogP contribution in [-0.4, -0.2) is 21.1 Å². The Bertz CT molecular complexity index is 280. The molecule has 4 nitrogen and oxygen atoms in total. The molecule has 0 bridgehead atoms. The maximum absolute atomic E-state index is 9.68. The Kier molecular flexibility index (Phi) is 3.06. The van der Waals surface area contributed by atoms with E-state index in [0.717, 1.165) is 17.9 Å². The molecule has 4 heteroatoms. The Morgan fingerprint density at radius 1 is 1.62 bits per heavy atom. The van der Waals surface area contributed by atoms with E-state index in [0.29, 0.717) is 5.69 Å². The lowest BCUT2D eigenvalue weighted by Crippen LogP contribution is -2.25. The average molecular weight is 183 g/mol. The number of aromatic amines is 1. The van der Waals surface area contributed by atoms with Crippen molar-refractivity contribution in [3.8, 4) is 0 Å². The summed E-state index contributed by atoms with van der Waals surface area (Å²) >= 11 is 0. The molecular weight excluding hydrogens is 166 g/mol. The van der Waals surface area contributed by atoms with Gasteiger partial charge in [0.15, 0.2) is 0 Å². The first-order chi connectivity index (χ1) is 6.06. The Balaban J connectivity index is 2.93. The molecule has 2 atom stereocenters. The van der Waals surface area contributed by atoms with E-state index in [1.807, 2.05) is 13.8 Å². The molecule has 0 fully saturated rings. The molecule has 0 aliphatic rings. The number of imidazole rings is 1. The lowest BCUT2D eigenvalue weighted by atomic mass is 10.1. The number of H-pyrrole nitrogens is 1. The van der Waals surface area contributed by atoms with Gasteiger partial charge in [0.05, 0.1) is 5.69 Å². The first-order valence-corrected chi connectivity index (χ1v) is 4.55. The molecule has 0 aromatic carbocycles. The zero-order valence-electron chi connectivity index (χ0n) is 8.33. The number of hydrogen-bond acceptors (Lipinski definition) is 3. The van der Waals surface area contributed by atoms with Crippen LogP contribution in [0.1, 0.15) is 37.2 Å². The molecule has 1 heterocycles. The van der Waals surface area contributed by atoms with E-state index in [1.54, 1.807) is 6.92 Å². The van der Waals surface area contributed by atoms with Gasteiger partial charge in [0.1, 0.15) is 11.9 Å².